The zero-order valence-corrected chi connectivity index (χ0v) is 15.4. The van der Waals surface area contributed by atoms with E-state index in [9.17, 15) is 14.9 Å². The number of nitro benzene ring substituents is 1. The van der Waals surface area contributed by atoms with Crippen LogP contribution in [0.25, 0.3) is 6.08 Å². The average Bonchev–Trinajstić information content (AvgIpc) is 2.68. The lowest BCUT2D eigenvalue weighted by Crippen LogP contribution is -2.48. The molecule has 0 bridgehead atoms. The van der Waals surface area contributed by atoms with E-state index in [-0.39, 0.29) is 17.2 Å². The van der Waals surface area contributed by atoms with E-state index in [1.807, 2.05) is 18.2 Å². The fourth-order valence-electron chi connectivity index (χ4n) is 3.28. The van der Waals surface area contributed by atoms with Crippen molar-refractivity contribution in [1.29, 1.82) is 0 Å². The van der Waals surface area contributed by atoms with Gasteiger partial charge in [-0.1, -0.05) is 54.6 Å². The van der Waals surface area contributed by atoms with Crippen molar-refractivity contribution in [3.63, 3.8) is 0 Å². The maximum Gasteiger partial charge on any atom is 0.285 e. The number of carbonyl (C=O) groups is 1. The monoisotopic (exact) mass is 365 g/mol. The Labute approximate surface area is 158 Å². The van der Waals surface area contributed by atoms with Gasteiger partial charge in [-0.15, -0.1) is 0 Å². The van der Waals surface area contributed by atoms with Gasteiger partial charge < -0.3 is 4.90 Å². The molecule has 27 heavy (non-hydrogen) atoms. The van der Waals surface area contributed by atoms with Crippen LogP contribution in [-0.4, -0.2) is 53.4 Å². The second-order valence-corrected chi connectivity index (χ2v) is 6.63. The van der Waals surface area contributed by atoms with Crippen LogP contribution in [-0.2, 0) is 0 Å². The molecule has 1 aliphatic rings. The van der Waals surface area contributed by atoms with Gasteiger partial charge in [0.1, 0.15) is 5.56 Å². The number of carbonyl (C=O) groups excluding carboxylic acids is 1. The quantitative estimate of drug-likeness (QED) is 0.602. The fourth-order valence-corrected chi connectivity index (χ4v) is 3.28. The van der Waals surface area contributed by atoms with Gasteiger partial charge >= 0.3 is 0 Å². The van der Waals surface area contributed by atoms with E-state index < -0.39 is 4.92 Å². The minimum Gasteiger partial charge on any atom is -0.336 e. The lowest BCUT2D eigenvalue weighted by atomic mass is 10.1. The molecule has 0 spiro atoms. The van der Waals surface area contributed by atoms with Gasteiger partial charge in [-0.3, -0.25) is 19.8 Å². The fraction of sp³-hybridized carbons (Fsp3) is 0.286. The Morgan fingerprint density at radius 1 is 1.07 bits per heavy atom. The number of benzene rings is 2. The topological polar surface area (TPSA) is 66.7 Å². The first-order chi connectivity index (χ1) is 13.1. The molecular weight excluding hydrogens is 342 g/mol. The zero-order valence-electron chi connectivity index (χ0n) is 15.4. The molecule has 140 valence electrons. The first-order valence-electron chi connectivity index (χ1n) is 9.03. The van der Waals surface area contributed by atoms with Gasteiger partial charge in [-0.25, -0.2) is 0 Å². The van der Waals surface area contributed by atoms with Crippen molar-refractivity contribution in [2.75, 3.05) is 32.7 Å². The Morgan fingerprint density at radius 2 is 1.78 bits per heavy atom. The first-order valence-corrected chi connectivity index (χ1v) is 9.03. The summed E-state index contributed by atoms with van der Waals surface area (Å²) in [5.74, 6) is -0.259. The van der Waals surface area contributed by atoms with Crippen LogP contribution in [0.1, 0.15) is 21.5 Å². The van der Waals surface area contributed by atoms with Gasteiger partial charge in [-0.2, -0.15) is 0 Å². The standard InChI is InChI=1S/C21H23N3O3/c1-17-7-5-11-19(20(17)24(26)27)21(25)23-15-13-22(14-16-23)12-6-10-18-8-3-2-4-9-18/h2-11H,12-16H2,1H3/b10-6+. The highest BCUT2D eigenvalue weighted by molar-refractivity contribution is 5.98. The summed E-state index contributed by atoms with van der Waals surface area (Å²) in [6.07, 6.45) is 4.21. The second kappa shape index (κ2) is 8.60. The van der Waals surface area contributed by atoms with E-state index in [1.54, 1.807) is 30.0 Å². The lowest BCUT2D eigenvalue weighted by molar-refractivity contribution is -0.385. The van der Waals surface area contributed by atoms with Crippen LogP contribution in [0, 0.1) is 17.0 Å². The van der Waals surface area contributed by atoms with E-state index in [4.69, 9.17) is 0 Å². The van der Waals surface area contributed by atoms with Crippen molar-refractivity contribution >= 4 is 17.7 Å². The maximum absolute atomic E-state index is 12.8. The van der Waals surface area contributed by atoms with Crippen LogP contribution in [0.2, 0.25) is 0 Å². The number of nitro groups is 1. The number of amides is 1. The Hall–Kier alpha value is -2.99. The highest BCUT2D eigenvalue weighted by atomic mass is 16.6. The third-order valence-electron chi connectivity index (χ3n) is 4.78. The largest absolute Gasteiger partial charge is 0.336 e. The van der Waals surface area contributed by atoms with E-state index in [2.05, 4.69) is 29.2 Å². The van der Waals surface area contributed by atoms with Gasteiger partial charge in [0.25, 0.3) is 11.6 Å². The van der Waals surface area contributed by atoms with Gasteiger partial charge in [0.2, 0.25) is 0 Å². The summed E-state index contributed by atoms with van der Waals surface area (Å²) in [7, 11) is 0. The van der Waals surface area contributed by atoms with Crippen molar-refractivity contribution in [2.45, 2.75) is 6.92 Å². The summed E-state index contributed by atoms with van der Waals surface area (Å²) < 4.78 is 0. The molecule has 1 saturated heterocycles. The highest BCUT2D eigenvalue weighted by Crippen LogP contribution is 2.24. The predicted octanol–water partition coefficient (Wildman–Crippen LogP) is 3.37. The zero-order chi connectivity index (χ0) is 19.2. The summed E-state index contributed by atoms with van der Waals surface area (Å²) in [6, 6.07) is 15.0. The van der Waals surface area contributed by atoms with Crippen LogP contribution in [0.5, 0.6) is 0 Å². The molecule has 0 unspecified atom stereocenters. The maximum atomic E-state index is 12.8. The van der Waals surface area contributed by atoms with Crippen LogP contribution < -0.4 is 0 Å². The van der Waals surface area contributed by atoms with Crippen LogP contribution in [0.3, 0.4) is 0 Å². The molecular formula is C21H23N3O3. The van der Waals surface area contributed by atoms with Crippen molar-refractivity contribution in [2.24, 2.45) is 0 Å². The summed E-state index contributed by atoms with van der Waals surface area (Å²) >= 11 is 0. The summed E-state index contributed by atoms with van der Waals surface area (Å²) in [6.45, 7) is 5.13. The molecule has 2 aromatic carbocycles. The highest BCUT2D eigenvalue weighted by Gasteiger charge is 2.28. The summed E-state index contributed by atoms with van der Waals surface area (Å²) in [5, 5.41) is 11.3. The molecule has 2 aromatic rings. The minimum absolute atomic E-state index is 0.0873. The van der Waals surface area contributed by atoms with E-state index in [0.29, 0.717) is 18.7 Å². The van der Waals surface area contributed by atoms with Gasteiger partial charge in [-0.05, 0) is 18.6 Å². The van der Waals surface area contributed by atoms with Gasteiger partial charge in [0.15, 0.2) is 0 Å². The Bertz CT molecular complexity index is 841. The van der Waals surface area contributed by atoms with Gasteiger partial charge in [0.05, 0.1) is 4.92 Å². The molecule has 0 aliphatic carbocycles. The minimum atomic E-state index is -0.465. The molecule has 6 heteroatoms. The molecule has 3 rings (SSSR count). The van der Waals surface area contributed by atoms with E-state index in [0.717, 1.165) is 25.2 Å². The van der Waals surface area contributed by atoms with Crippen LogP contribution >= 0.6 is 0 Å². The molecule has 1 fully saturated rings. The number of aryl methyl sites for hydroxylation is 1. The van der Waals surface area contributed by atoms with Gasteiger partial charge in [0, 0.05) is 38.3 Å². The smallest absolute Gasteiger partial charge is 0.285 e. The number of rotatable bonds is 5. The van der Waals surface area contributed by atoms with Crippen molar-refractivity contribution < 1.29 is 9.72 Å². The van der Waals surface area contributed by atoms with Crippen molar-refractivity contribution in [3.05, 3.63) is 81.4 Å². The summed E-state index contributed by atoms with van der Waals surface area (Å²) in [4.78, 5) is 27.6. The molecule has 0 radical (unpaired) electrons. The van der Waals surface area contributed by atoms with Crippen LogP contribution in [0.15, 0.2) is 54.6 Å². The Morgan fingerprint density at radius 3 is 2.44 bits per heavy atom. The average molecular weight is 365 g/mol. The molecule has 1 amide bonds. The molecule has 1 heterocycles. The number of hydrogen-bond donors (Lipinski definition) is 0. The SMILES string of the molecule is Cc1cccc(C(=O)N2CCN(C/C=C/c3ccccc3)CC2)c1[N+](=O)[O-]. The van der Waals surface area contributed by atoms with Crippen molar-refractivity contribution in [3.8, 4) is 0 Å². The molecule has 0 N–H and O–H groups in total. The number of nitrogens with zero attached hydrogens (tertiary/aromatic N) is 3. The predicted molar refractivity (Wildman–Crippen MR) is 106 cm³/mol. The number of piperazine rings is 1. The third-order valence-corrected chi connectivity index (χ3v) is 4.78. The number of hydrogen-bond acceptors (Lipinski definition) is 4. The molecule has 0 aromatic heterocycles. The third kappa shape index (κ3) is 4.60. The molecule has 1 aliphatic heterocycles. The first kappa shape index (κ1) is 18.8. The molecule has 0 saturated carbocycles. The van der Waals surface area contributed by atoms with E-state index >= 15 is 0 Å². The van der Waals surface area contributed by atoms with E-state index in [1.165, 1.54) is 0 Å². The van der Waals surface area contributed by atoms with Crippen molar-refractivity contribution in [1.82, 2.24) is 9.80 Å². The molecule has 6 nitrogen and oxygen atoms in total. The summed E-state index contributed by atoms with van der Waals surface area (Å²) in [5.41, 5.74) is 1.77. The number of para-hydroxylation sites is 1. The molecule has 0 atom stereocenters. The Kier molecular flexibility index (Phi) is 5.98. The second-order valence-electron chi connectivity index (χ2n) is 6.63. The normalized spacial score (nSPS) is 15.2. The van der Waals surface area contributed by atoms with Crippen LogP contribution in [0.4, 0.5) is 5.69 Å². The Balaban J connectivity index is 1.58. The lowest BCUT2D eigenvalue weighted by Gasteiger charge is -2.34.